The Morgan fingerprint density at radius 3 is 2.75 bits per heavy atom. The van der Waals surface area contributed by atoms with E-state index in [0.29, 0.717) is 44.6 Å². The number of rotatable bonds is 9. The van der Waals surface area contributed by atoms with Gasteiger partial charge in [0, 0.05) is 45.8 Å². The monoisotopic (exact) mass is 441 g/mol. The third-order valence-corrected chi connectivity index (χ3v) is 7.64. The normalized spacial score (nSPS) is 26.2. The topological polar surface area (TPSA) is 53.1 Å². The molecule has 32 heavy (non-hydrogen) atoms. The van der Waals surface area contributed by atoms with E-state index in [1.54, 1.807) is 7.11 Å². The van der Waals surface area contributed by atoms with Crippen molar-refractivity contribution >= 4 is 11.8 Å². The zero-order chi connectivity index (χ0) is 22.3. The molecule has 3 saturated heterocycles. The second-order valence-electron chi connectivity index (χ2n) is 9.75. The molecular weight excluding hydrogens is 402 g/mol. The maximum absolute atomic E-state index is 13.5. The van der Waals surface area contributed by atoms with E-state index in [9.17, 15) is 9.59 Å². The Labute approximate surface area is 192 Å². The predicted molar refractivity (Wildman–Crippen MR) is 125 cm³/mol. The van der Waals surface area contributed by atoms with E-state index in [2.05, 4.69) is 17.0 Å². The van der Waals surface area contributed by atoms with Crippen molar-refractivity contribution in [1.29, 1.82) is 0 Å². The molecule has 0 N–H and O–H groups in total. The SMILES string of the molecule is COCCN(C[C@@H]1CCCN2CCCC[C@H]12)C(=O)[C@@H]1CC(=O)N(CCc2ccccc2)C1. The predicted octanol–water partition coefficient (Wildman–Crippen LogP) is 2.82. The van der Waals surface area contributed by atoms with Crippen LogP contribution in [0.25, 0.3) is 0 Å². The van der Waals surface area contributed by atoms with Crippen molar-refractivity contribution in [2.45, 2.75) is 51.0 Å². The zero-order valence-corrected chi connectivity index (χ0v) is 19.6. The van der Waals surface area contributed by atoms with Gasteiger partial charge in [-0.25, -0.2) is 0 Å². The average molecular weight is 442 g/mol. The van der Waals surface area contributed by atoms with Gasteiger partial charge in [-0.3, -0.25) is 9.59 Å². The molecule has 3 fully saturated rings. The fraction of sp³-hybridized carbons (Fsp3) is 0.692. The summed E-state index contributed by atoms with van der Waals surface area (Å²) in [7, 11) is 1.69. The van der Waals surface area contributed by atoms with E-state index in [0.717, 1.165) is 13.0 Å². The molecule has 0 unspecified atom stereocenters. The van der Waals surface area contributed by atoms with Gasteiger partial charge in [0.2, 0.25) is 11.8 Å². The van der Waals surface area contributed by atoms with Gasteiger partial charge in [0.05, 0.1) is 12.5 Å². The van der Waals surface area contributed by atoms with Gasteiger partial charge in [-0.05, 0) is 56.7 Å². The molecule has 3 heterocycles. The number of methoxy groups -OCH3 is 1. The summed E-state index contributed by atoms with van der Waals surface area (Å²) in [6.45, 7) is 5.62. The van der Waals surface area contributed by atoms with E-state index >= 15 is 0 Å². The van der Waals surface area contributed by atoms with Crippen LogP contribution in [0.5, 0.6) is 0 Å². The highest BCUT2D eigenvalue weighted by atomic mass is 16.5. The smallest absolute Gasteiger partial charge is 0.228 e. The average Bonchev–Trinajstić information content (AvgIpc) is 3.21. The number of fused-ring (bicyclic) bond motifs is 1. The summed E-state index contributed by atoms with van der Waals surface area (Å²) in [5, 5.41) is 0. The lowest BCUT2D eigenvalue weighted by Gasteiger charge is -2.46. The molecule has 3 aliphatic rings. The van der Waals surface area contributed by atoms with Crippen LogP contribution < -0.4 is 0 Å². The third kappa shape index (κ3) is 5.70. The largest absolute Gasteiger partial charge is 0.383 e. The van der Waals surface area contributed by atoms with Gasteiger partial charge in [0.15, 0.2) is 0 Å². The quantitative estimate of drug-likeness (QED) is 0.591. The first-order valence-corrected chi connectivity index (χ1v) is 12.5. The Morgan fingerprint density at radius 2 is 1.94 bits per heavy atom. The number of benzene rings is 1. The summed E-state index contributed by atoms with van der Waals surface area (Å²) in [5.74, 6) is 0.574. The molecule has 6 heteroatoms. The number of hydrogen-bond donors (Lipinski definition) is 0. The Balaban J connectivity index is 1.36. The van der Waals surface area contributed by atoms with Gasteiger partial charge in [-0.2, -0.15) is 0 Å². The van der Waals surface area contributed by atoms with Gasteiger partial charge >= 0.3 is 0 Å². The maximum atomic E-state index is 13.5. The minimum atomic E-state index is -0.221. The first kappa shape index (κ1) is 23.2. The molecule has 3 aliphatic heterocycles. The Bertz CT molecular complexity index is 754. The van der Waals surface area contributed by atoms with Crippen LogP contribution in [0.2, 0.25) is 0 Å². The lowest BCUT2D eigenvalue weighted by molar-refractivity contribution is -0.137. The van der Waals surface area contributed by atoms with Gasteiger partial charge in [0.25, 0.3) is 0 Å². The van der Waals surface area contributed by atoms with Crippen LogP contribution >= 0.6 is 0 Å². The minimum absolute atomic E-state index is 0.113. The fourth-order valence-corrected chi connectivity index (χ4v) is 5.89. The molecule has 2 amide bonds. The number of carbonyl (C=O) groups excluding carboxylic acids is 2. The van der Waals surface area contributed by atoms with Crippen molar-refractivity contribution in [2.75, 3.05) is 53.0 Å². The fourth-order valence-electron chi connectivity index (χ4n) is 5.89. The third-order valence-electron chi connectivity index (χ3n) is 7.64. The number of hydrogen-bond acceptors (Lipinski definition) is 4. The van der Waals surface area contributed by atoms with Crippen molar-refractivity contribution in [2.24, 2.45) is 11.8 Å². The second-order valence-corrected chi connectivity index (χ2v) is 9.75. The summed E-state index contributed by atoms with van der Waals surface area (Å²) >= 11 is 0. The molecule has 6 nitrogen and oxygen atoms in total. The molecule has 1 aromatic rings. The molecule has 4 rings (SSSR count). The summed E-state index contributed by atoms with van der Waals surface area (Å²) in [6, 6.07) is 10.9. The van der Waals surface area contributed by atoms with Crippen molar-refractivity contribution in [3.8, 4) is 0 Å². The Kier molecular flexibility index (Phi) is 8.20. The van der Waals surface area contributed by atoms with Gasteiger partial charge in [0.1, 0.15) is 0 Å². The number of nitrogens with zero attached hydrogens (tertiary/aromatic N) is 3. The van der Waals surface area contributed by atoms with Gasteiger partial charge in [-0.15, -0.1) is 0 Å². The van der Waals surface area contributed by atoms with Crippen LogP contribution in [0, 0.1) is 11.8 Å². The van der Waals surface area contributed by atoms with E-state index in [4.69, 9.17) is 4.74 Å². The molecule has 3 atom stereocenters. The summed E-state index contributed by atoms with van der Waals surface area (Å²) in [4.78, 5) is 32.7. The minimum Gasteiger partial charge on any atom is -0.383 e. The van der Waals surface area contributed by atoms with E-state index in [1.165, 1.54) is 50.8 Å². The molecule has 0 radical (unpaired) electrons. The highest BCUT2D eigenvalue weighted by Gasteiger charge is 2.39. The van der Waals surface area contributed by atoms with Crippen LogP contribution in [0.1, 0.15) is 44.1 Å². The highest BCUT2D eigenvalue weighted by molar-refractivity contribution is 5.89. The molecule has 0 saturated carbocycles. The first-order chi connectivity index (χ1) is 15.7. The molecule has 176 valence electrons. The molecule has 0 spiro atoms. The molecular formula is C26H39N3O3. The number of ether oxygens (including phenoxy) is 1. The van der Waals surface area contributed by atoms with Crippen molar-refractivity contribution in [3.63, 3.8) is 0 Å². The molecule has 0 bridgehead atoms. The lowest BCUT2D eigenvalue weighted by Crippen LogP contribution is -2.52. The van der Waals surface area contributed by atoms with E-state index < -0.39 is 0 Å². The van der Waals surface area contributed by atoms with Crippen molar-refractivity contribution < 1.29 is 14.3 Å². The lowest BCUT2D eigenvalue weighted by atomic mass is 9.83. The van der Waals surface area contributed by atoms with E-state index in [-0.39, 0.29) is 17.7 Å². The summed E-state index contributed by atoms with van der Waals surface area (Å²) in [5.41, 5.74) is 1.23. The van der Waals surface area contributed by atoms with E-state index in [1.807, 2.05) is 28.0 Å². The number of amides is 2. The van der Waals surface area contributed by atoms with Crippen molar-refractivity contribution in [3.05, 3.63) is 35.9 Å². The standard InChI is InChI=1S/C26H39N3O3/c1-32-17-16-29(19-22-10-7-14-27-13-6-5-11-24(22)27)26(31)23-18-25(30)28(20-23)15-12-21-8-3-2-4-9-21/h2-4,8-9,22-24H,5-7,10-20H2,1H3/t22-,23+,24+/m0/s1. The highest BCUT2D eigenvalue weighted by Crippen LogP contribution is 2.32. The van der Waals surface area contributed by atoms with Crippen LogP contribution in [-0.4, -0.2) is 85.5 Å². The van der Waals surface area contributed by atoms with Gasteiger partial charge < -0.3 is 19.4 Å². The summed E-state index contributed by atoms with van der Waals surface area (Å²) in [6.07, 6.45) is 7.47. The Hall–Kier alpha value is -1.92. The molecule has 0 aromatic heterocycles. The Morgan fingerprint density at radius 1 is 1.12 bits per heavy atom. The number of piperidine rings is 2. The van der Waals surface area contributed by atoms with Gasteiger partial charge in [-0.1, -0.05) is 36.8 Å². The van der Waals surface area contributed by atoms with Crippen LogP contribution in [0.4, 0.5) is 0 Å². The van der Waals surface area contributed by atoms with Crippen LogP contribution in [0.3, 0.4) is 0 Å². The molecule has 0 aliphatic carbocycles. The summed E-state index contributed by atoms with van der Waals surface area (Å²) < 4.78 is 5.33. The number of carbonyl (C=O) groups is 2. The number of likely N-dealkylation sites (tertiary alicyclic amines) is 1. The van der Waals surface area contributed by atoms with Crippen LogP contribution in [0.15, 0.2) is 30.3 Å². The maximum Gasteiger partial charge on any atom is 0.228 e. The zero-order valence-electron chi connectivity index (χ0n) is 19.6. The first-order valence-electron chi connectivity index (χ1n) is 12.5. The second kappa shape index (κ2) is 11.3. The van der Waals surface area contributed by atoms with Crippen LogP contribution in [-0.2, 0) is 20.7 Å². The van der Waals surface area contributed by atoms with Crippen molar-refractivity contribution in [1.82, 2.24) is 14.7 Å². The molecule has 1 aromatic carbocycles.